The molecular formula is C17H19N3O3. The number of anilines is 1. The summed E-state index contributed by atoms with van der Waals surface area (Å²) in [6.07, 6.45) is 1.67. The van der Waals surface area contributed by atoms with Gasteiger partial charge in [0.2, 0.25) is 0 Å². The maximum absolute atomic E-state index is 10.6. The van der Waals surface area contributed by atoms with Crippen LogP contribution in [-0.4, -0.2) is 17.7 Å². The molecule has 0 bridgehead atoms. The van der Waals surface area contributed by atoms with Gasteiger partial charge in [-0.05, 0) is 35.7 Å². The highest BCUT2D eigenvalue weighted by Crippen LogP contribution is 2.16. The van der Waals surface area contributed by atoms with E-state index >= 15 is 0 Å². The molecule has 0 aliphatic heterocycles. The molecule has 0 fully saturated rings. The molecule has 6 nitrogen and oxygen atoms in total. The van der Waals surface area contributed by atoms with Crippen molar-refractivity contribution >= 4 is 17.6 Å². The van der Waals surface area contributed by atoms with Crippen molar-refractivity contribution in [1.82, 2.24) is 0 Å². The van der Waals surface area contributed by atoms with Crippen molar-refractivity contribution in [1.29, 1.82) is 0 Å². The summed E-state index contributed by atoms with van der Waals surface area (Å²) in [6, 6.07) is 13.7. The summed E-state index contributed by atoms with van der Waals surface area (Å²) in [4.78, 5) is 10.1. The topological polar surface area (TPSA) is 76.8 Å². The lowest BCUT2D eigenvalue weighted by atomic mass is 10.2. The smallest absolute Gasteiger partial charge is 0.269 e. The van der Waals surface area contributed by atoms with Crippen molar-refractivity contribution in [2.75, 3.05) is 12.0 Å². The molecule has 0 spiro atoms. The van der Waals surface area contributed by atoms with Gasteiger partial charge in [-0.2, -0.15) is 5.10 Å². The number of non-ortho nitro benzene ring substituents is 1. The van der Waals surface area contributed by atoms with Gasteiger partial charge in [-0.15, -0.1) is 0 Å². The van der Waals surface area contributed by atoms with Crippen molar-refractivity contribution in [3.05, 3.63) is 64.2 Å². The van der Waals surface area contributed by atoms with Crippen molar-refractivity contribution in [2.24, 2.45) is 11.0 Å². The molecule has 0 saturated carbocycles. The molecule has 0 heterocycles. The third-order valence-corrected chi connectivity index (χ3v) is 2.93. The van der Waals surface area contributed by atoms with Crippen LogP contribution in [0.4, 0.5) is 11.4 Å². The number of hydrogen-bond acceptors (Lipinski definition) is 5. The Bertz CT molecular complexity index is 682. The Morgan fingerprint density at radius 3 is 2.65 bits per heavy atom. The fourth-order valence-corrected chi connectivity index (χ4v) is 1.79. The van der Waals surface area contributed by atoms with Gasteiger partial charge in [-0.25, -0.2) is 0 Å². The van der Waals surface area contributed by atoms with E-state index in [2.05, 4.69) is 24.4 Å². The number of nitro groups is 1. The molecule has 0 aliphatic rings. The van der Waals surface area contributed by atoms with Crippen molar-refractivity contribution < 1.29 is 9.66 Å². The van der Waals surface area contributed by atoms with Gasteiger partial charge in [0.15, 0.2) is 0 Å². The molecule has 0 amide bonds. The van der Waals surface area contributed by atoms with Gasteiger partial charge in [-0.3, -0.25) is 15.5 Å². The molecule has 0 atom stereocenters. The molecule has 1 N–H and O–H groups in total. The predicted octanol–water partition coefficient (Wildman–Crippen LogP) is 4.08. The molecular weight excluding hydrogens is 294 g/mol. The van der Waals surface area contributed by atoms with Crippen LogP contribution in [0, 0.1) is 16.0 Å². The molecule has 0 aliphatic carbocycles. The zero-order valence-electron chi connectivity index (χ0n) is 13.1. The molecule has 0 saturated heterocycles. The molecule has 2 aromatic carbocycles. The summed E-state index contributed by atoms with van der Waals surface area (Å²) in [5, 5.41) is 14.7. The van der Waals surface area contributed by atoms with Gasteiger partial charge in [0.1, 0.15) is 5.75 Å². The second-order valence-electron chi connectivity index (χ2n) is 5.45. The number of nitrogens with one attached hydrogen (secondary N) is 1. The van der Waals surface area contributed by atoms with E-state index in [9.17, 15) is 10.1 Å². The highest BCUT2D eigenvalue weighted by atomic mass is 16.6. The highest BCUT2D eigenvalue weighted by Gasteiger charge is 2.03. The zero-order valence-corrected chi connectivity index (χ0v) is 13.1. The van der Waals surface area contributed by atoms with E-state index in [1.54, 1.807) is 18.3 Å². The Morgan fingerprint density at radius 1 is 1.26 bits per heavy atom. The quantitative estimate of drug-likeness (QED) is 0.475. The van der Waals surface area contributed by atoms with E-state index < -0.39 is 4.92 Å². The Morgan fingerprint density at radius 2 is 2.00 bits per heavy atom. The van der Waals surface area contributed by atoms with E-state index in [4.69, 9.17) is 4.74 Å². The minimum Gasteiger partial charge on any atom is -0.493 e. The summed E-state index contributed by atoms with van der Waals surface area (Å²) >= 11 is 0. The van der Waals surface area contributed by atoms with E-state index in [0.29, 0.717) is 18.2 Å². The first kappa shape index (κ1) is 16.5. The summed E-state index contributed by atoms with van der Waals surface area (Å²) in [5.74, 6) is 1.27. The molecule has 0 aromatic heterocycles. The van der Waals surface area contributed by atoms with Crippen LogP contribution in [0.5, 0.6) is 5.75 Å². The largest absolute Gasteiger partial charge is 0.493 e. The number of nitrogens with zero attached hydrogens (tertiary/aromatic N) is 2. The third kappa shape index (κ3) is 5.43. The van der Waals surface area contributed by atoms with Crippen LogP contribution in [0.3, 0.4) is 0 Å². The maximum atomic E-state index is 10.6. The number of nitro benzene ring substituents is 1. The fraction of sp³-hybridized carbons (Fsp3) is 0.235. The second-order valence-corrected chi connectivity index (χ2v) is 5.45. The molecule has 120 valence electrons. The van der Waals surface area contributed by atoms with E-state index in [-0.39, 0.29) is 5.69 Å². The van der Waals surface area contributed by atoms with Crippen LogP contribution in [0.2, 0.25) is 0 Å². The Labute approximate surface area is 134 Å². The second kappa shape index (κ2) is 7.93. The molecule has 0 unspecified atom stereocenters. The van der Waals surface area contributed by atoms with Crippen molar-refractivity contribution in [2.45, 2.75) is 13.8 Å². The van der Waals surface area contributed by atoms with E-state index in [1.807, 2.05) is 24.3 Å². The fourth-order valence-electron chi connectivity index (χ4n) is 1.79. The van der Waals surface area contributed by atoms with Crippen LogP contribution < -0.4 is 10.2 Å². The van der Waals surface area contributed by atoms with Crippen molar-refractivity contribution in [3.63, 3.8) is 0 Å². The van der Waals surface area contributed by atoms with Gasteiger partial charge < -0.3 is 4.74 Å². The van der Waals surface area contributed by atoms with Gasteiger partial charge in [-0.1, -0.05) is 26.0 Å². The summed E-state index contributed by atoms with van der Waals surface area (Å²) in [5.41, 5.74) is 4.47. The first-order chi connectivity index (χ1) is 11.0. The molecule has 6 heteroatoms. The Hall–Kier alpha value is -2.89. The average Bonchev–Trinajstić information content (AvgIpc) is 2.54. The number of ether oxygens (including phenoxy) is 1. The number of benzene rings is 2. The van der Waals surface area contributed by atoms with Gasteiger partial charge in [0.05, 0.1) is 23.4 Å². The van der Waals surface area contributed by atoms with Gasteiger partial charge in [0.25, 0.3) is 5.69 Å². The average molecular weight is 313 g/mol. The molecule has 2 aromatic rings. The van der Waals surface area contributed by atoms with Crippen LogP contribution >= 0.6 is 0 Å². The molecule has 23 heavy (non-hydrogen) atoms. The van der Waals surface area contributed by atoms with Gasteiger partial charge in [0, 0.05) is 12.1 Å². The SMILES string of the molecule is CC(C)COc1cccc(/C=N/Nc2ccc([N+](=O)[O-])cc2)c1. The van der Waals surface area contributed by atoms with E-state index in [1.165, 1.54) is 12.1 Å². The summed E-state index contributed by atoms with van der Waals surface area (Å²) in [7, 11) is 0. The Balaban J connectivity index is 1.94. The lowest BCUT2D eigenvalue weighted by Gasteiger charge is -2.08. The van der Waals surface area contributed by atoms with Crippen molar-refractivity contribution in [3.8, 4) is 5.75 Å². The normalized spacial score (nSPS) is 10.9. The lowest BCUT2D eigenvalue weighted by molar-refractivity contribution is -0.384. The summed E-state index contributed by atoms with van der Waals surface area (Å²) in [6.45, 7) is 4.86. The lowest BCUT2D eigenvalue weighted by Crippen LogP contribution is -2.04. The minimum absolute atomic E-state index is 0.0505. The van der Waals surface area contributed by atoms with Crippen LogP contribution in [-0.2, 0) is 0 Å². The van der Waals surface area contributed by atoms with E-state index in [0.717, 1.165) is 11.3 Å². The number of rotatable bonds is 7. The monoisotopic (exact) mass is 313 g/mol. The summed E-state index contributed by atoms with van der Waals surface area (Å²) < 4.78 is 5.66. The first-order valence-corrected chi connectivity index (χ1v) is 7.31. The minimum atomic E-state index is -0.435. The predicted molar refractivity (Wildman–Crippen MR) is 91.1 cm³/mol. The molecule has 2 rings (SSSR count). The maximum Gasteiger partial charge on any atom is 0.269 e. The molecule has 0 radical (unpaired) electrons. The Kier molecular flexibility index (Phi) is 5.68. The van der Waals surface area contributed by atoms with Crippen LogP contribution in [0.1, 0.15) is 19.4 Å². The standard InChI is InChI=1S/C17H19N3O3/c1-13(2)12-23-17-5-3-4-14(10-17)11-18-19-15-6-8-16(9-7-15)20(21)22/h3-11,13,19H,12H2,1-2H3/b18-11+. The first-order valence-electron chi connectivity index (χ1n) is 7.31. The number of hydrazone groups is 1. The number of hydrogen-bond donors (Lipinski definition) is 1. The zero-order chi connectivity index (χ0) is 16.7. The highest BCUT2D eigenvalue weighted by molar-refractivity contribution is 5.80. The van der Waals surface area contributed by atoms with Gasteiger partial charge >= 0.3 is 0 Å². The van der Waals surface area contributed by atoms with Crippen LogP contribution in [0.25, 0.3) is 0 Å². The van der Waals surface area contributed by atoms with Crippen LogP contribution in [0.15, 0.2) is 53.6 Å². The third-order valence-electron chi connectivity index (χ3n) is 2.93.